The molecule has 1 N–H and O–H groups in total. The van der Waals surface area contributed by atoms with Crippen LogP contribution in [0.25, 0.3) is 6.08 Å². The summed E-state index contributed by atoms with van der Waals surface area (Å²) in [6.45, 7) is 2.33. The SMILES string of the molecule is C(=C1/CCCNCC1)/c1ccsc1. The number of rotatable bonds is 1. The zero-order valence-corrected chi connectivity index (χ0v) is 8.57. The highest BCUT2D eigenvalue weighted by Gasteiger charge is 2.03. The van der Waals surface area contributed by atoms with E-state index in [4.69, 9.17) is 0 Å². The summed E-state index contributed by atoms with van der Waals surface area (Å²) >= 11 is 1.77. The molecule has 0 atom stereocenters. The van der Waals surface area contributed by atoms with E-state index in [1.165, 1.54) is 31.4 Å². The van der Waals surface area contributed by atoms with Crippen molar-refractivity contribution in [3.63, 3.8) is 0 Å². The van der Waals surface area contributed by atoms with Crippen LogP contribution in [0.1, 0.15) is 24.8 Å². The molecule has 1 aliphatic heterocycles. The van der Waals surface area contributed by atoms with Crippen LogP contribution in [-0.2, 0) is 0 Å². The highest BCUT2D eigenvalue weighted by Crippen LogP contribution is 2.17. The Balaban J connectivity index is 2.05. The van der Waals surface area contributed by atoms with E-state index in [-0.39, 0.29) is 0 Å². The van der Waals surface area contributed by atoms with Crippen LogP contribution in [0.15, 0.2) is 22.4 Å². The summed E-state index contributed by atoms with van der Waals surface area (Å²) in [7, 11) is 0. The summed E-state index contributed by atoms with van der Waals surface area (Å²) in [4.78, 5) is 0. The lowest BCUT2D eigenvalue weighted by molar-refractivity contribution is 0.703. The van der Waals surface area contributed by atoms with E-state index in [1.807, 2.05) is 0 Å². The predicted molar refractivity (Wildman–Crippen MR) is 59.0 cm³/mol. The second-order valence-corrected chi connectivity index (χ2v) is 4.24. The molecular weight excluding hydrogens is 178 g/mol. The molecule has 1 aromatic rings. The Labute approximate surface area is 83.5 Å². The maximum atomic E-state index is 3.42. The van der Waals surface area contributed by atoms with E-state index in [1.54, 1.807) is 16.9 Å². The fourth-order valence-electron chi connectivity index (χ4n) is 1.68. The molecule has 0 unspecified atom stereocenters. The lowest BCUT2D eigenvalue weighted by atomic mass is 10.1. The van der Waals surface area contributed by atoms with E-state index in [9.17, 15) is 0 Å². The molecule has 0 radical (unpaired) electrons. The van der Waals surface area contributed by atoms with Crippen LogP contribution in [0.5, 0.6) is 0 Å². The van der Waals surface area contributed by atoms with Crippen molar-refractivity contribution in [1.82, 2.24) is 5.32 Å². The van der Waals surface area contributed by atoms with Crippen molar-refractivity contribution in [2.75, 3.05) is 13.1 Å². The van der Waals surface area contributed by atoms with Gasteiger partial charge in [-0.25, -0.2) is 0 Å². The molecule has 1 nitrogen and oxygen atoms in total. The summed E-state index contributed by atoms with van der Waals surface area (Å²) in [5, 5.41) is 7.77. The Morgan fingerprint density at radius 1 is 1.31 bits per heavy atom. The van der Waals surface area contributed by atoms with Gasteiger partial charge in [-0.15, -0.1) is 0 Å². The Morgan fingerprint density at radius 2 is 2.31 bits per heavy atom. The van der Waals surface area contributed by atoms with Gasteiger partial charge in [-0.2, -0.15) is 11.3 Å². The fourth-order valence-corrected chi connectivity index (χ4v) is 2.29. The summed E-state index contributed by atoms with van der Waals surface area (Å²) in [5.74, 6) is 0. The molecule has 0 spiro atoms. The summed E-state index contributed by atoms with van der Waals surface area (Å²) < 4.78 is 0. The number of thiophene rings is 1. The van der Waals surface area contributed by atoms with Crippen LogP contribution in [0.3, 0.4) is 0 Å². The van der Waals surface area contributed by atoms with E-state index in [0.717, 1.165) is 6.54 Å². The predicted octanol–water partition coefficient (Wildman–Crippen LogP) is 2.91. The Hall–Kier alpha value is -0.600. The molecule has 0 amide bonds. The van der Waals surface area contributed by atoms with Crippen molar-refractivity contribution in [3.05, 3.63) is 28.0 Å². The van der Waals surface area contributed by atoms with E-state index >= 15 is 0 Å². The third kappa shape index (κ3) is 2.68. The minimum absolute atomic E-state index is 1.15. The molecule has 0 aliphatic carbocycles. The molecule has 0 bridgehead atoms. The van der Waals surface area contributed by atoms with Gasteiger partial charge in [0.1, 0.15) is 0 Å². The number of hydrogen-bond acceptors (Lipinski definition) is 2. The van der Waals surface area contributed by atoms with Gasteiger partial charge in [0, 0.05) is 0 Å². The monoisotopic (exact) mass is 193 g/mol. The first-order chi connectivity index (χ1) is 6.45. The standard InChI is InChI=1S/C11H15NS/c1-2-10(3-6-12-5-1)8-11-4-7-13-9-11/h4,7-9,12H,1-3,5-6H2/b10-8+. The topological polar surface area (TPSA) is 12.0 Å². The van der Waals surface area contributed by atoms with E-state index < -0.39 is 0 Å². The first kappa shape index (κ1) is 8.97. The normalized spacial score (nSPS) is 21.7. The number of nitrogens with one attached hydrogen (secondary N) is 1. The van der Waals surface area contributed by atoms with Crippen LogP contribution in [0.2, 0.25) is 0 Å². The molecule has 1 aromatic heterocycles. The van der Waals surface area contributed by atoms with Crippen molar-refractivity contribution < 1.29 is 0 Å². The molecule has 0 aromatic carbocycles. The van der Waals surface area contributed by atoms with Gasteiger partial charge in [0.15, 0.2) is 0 Å². The van der Waals surface area contributed by atoms with Gasteiger partial charge in [0.05, 0.1) is 0 Å². The molecule has 13 heavy (non-hydrogen) atoms. The van der Waals surface area contributed by atoms with Gasteiger partial charge in [-0.1, -0.05) is 11.6 Å². The molecule has 2 heteroatoms. The van der Waals surface area contributed by atoms with Crippen molar-refractivity contribution >= 4 is 17.4 Å². The fraction of sp³-hybridized carbons (Fsp3) is 0.455. The lowest BCUT2D eigenvalue weighted by Gasteiger charge is -2.00. The van der Waals surface area contributed by atoms with Gasteiger partial charge in [0.25, 0.3) is 0 Å². The third-order valence-electron chi connectivity index (χ3n) is 2.39. The van der Waals surface area contributed by atoms with Gasteiger partial charge in [-0.3, -0.25) is 0 Å². The minimum Gasteiger partial charge on any atom is -0.316 e. The zero-order chi connectivity index (χ0) is 8.93. The summed E-state index contributed by atoms with van der Waals surface area (Å²) in [6, 6.07) is 2.19. The lowest BCUT2D eigenvalue weighted by Crippen LogP contribution is -2.13. The van der Waals surface area contributed by atoms with Crippen LogP contribution < -0.4 is 5.32 Å². The van der Waals surface area contributed by atoms with Crippen molar-refractivity contribution in [2.24, 2.45) is 0 Å². The largest absolute Gasteiger partial charge is 0.316 e. The average molecular weight is 193 g/mol. The maximum Gasteiger partial charge on any atom is -0.00115 e. The van der Waals surface area contributed by atoms with Crippen molar-refractivity contribution in [1.29, 1.82) is 0 Å². The quantitative estimate of drug-likeness (QED) is 0.723. The third-order valence-corrected chi connectivity index (χ3v) is 3.09. The molecular formula is C11H15NS. The minimum atomic E-state index is 1.15. The summed E-state index contributed by atoms with van der Waals surface area (Å²) in [6.07, 6.45) is 6.12. The molecule has 2 rings (SSSR count). The van der Waals surface area contributed by atoms with Crippen LogP contribution in [0, 0.1) is 0 Å². The van der Waals surface area contributed by atoms with Crippen molar-refractivity contribution in [3.8, 4) is 0 Å². The Kier molecular flexibility index (Phi) is 3.16. The first-order valence-electron chi connectivity index (χ1n) is 4.87. The molecule has 1 saturated heterocycles. The highest BCUT2D eigenvalue weighted by molar-refractivity contribution is 7.08. The average Bonchev–Trinajstić information content (AvgIpc) is 2.49. The second kappa shape index (κ2) is 4.58. The summed E-state index contributed by atoms with van der Waals surface area (Å²) in [5.41, 5.74) is 2.98. The van der Waals surface area contributed by atoms with Crippen molar-refractivity contribution in [2.45, 2.75) is 19.3 Å². The molecule has 1 aliphatic rings. The molecule has 0 saturated carbocycles. The smallest absolute Gasteiger partial charge is 0.00115 e. The van der Waals surface area contributed by atoms with Crippen LogP contribution in [0.4, 0.5) is 0 Å². The molecule has 70 valence electrons. The van der Waals surface area contributed by atoms with Gasteiger partial charge in [-0.05, 0) is 54.7 Å². The van der Waals surface area contributed by atoms with Crippen LogP contribution >= 0.6 is 11.3 Å². The Bertz CT molecular complexity index is 264. The number of hydrogen-bond donors (Lipinski definition) is 1. The van der Waals surface area contributed by atoms with E-state index in [2.05, 4.69) is 28.2 Å². The zero-order valence-electron chi connectivity index (χ0n) is 7.75. The maximum absolute atomic E-state index is 3.42. The Morgan fingerprint density at radius 3 is 3.15 bits per heavy atom. The van der Waals surface area contributed by atoms with E-state index in [0.29, 0.717) is 0 Å². The van der Waals surface area contributed by atoms with Gasteiger partial charge in [0.2, 0.25) is 0 Å². The molecule has 1 fully saturated rings. The molecule has 2 heterocycles. The van der Waals surface area contributed by atoms with Gasteiger partial charge >= 0.3 is 0 Å². The van der Waals surface area contributed by atoms with Gasteiger partial charge < -0.3 is 5.32 Å². The first-order valence-corrected chi connectivity index (χ1v) is 5.82. The second-order valence-electron chi connectivity index (χ2n) is 3.46. The van der Waals surface area contributed by atoms with Crippen LogP contribution in [-0.4, -0.2) is 13.1 Å². The highest BCUT2D eigenvalue weighted by atomic mass is 32.1.